The number of rotatable bonds is 6. The molecule has 0 spiro atoms. The molecular weight excluding hydrogens is 320 g/mol. The number of likely N-dealkylation sites (N-methyl/N-ethyl adjacent to an activating group) is 1. The number of hydrogen-bond donors (Lipinski definition) is 1. The van der Waals surface area contributed by atoms with Crippen molar-refractivity contribution in [3.63, 3.8) is 0 Å². The quantitative estimate of drug-likeness (QED) is 0.864. The molecule has 112 valence electrons. The van der Waals surface area contributed by atoms with Gasteiger partial charge in [-0.3, -0.25) is 4.79 Å². The summed E-state index contributed by atoms with van der Waals surface area (Å²) in [5.41, 5.74) is 0.354. The lowest BCUT2D eigenvalue weighted by molar-refractivity contribution is 0.0721. The monoisotopic (exact) mass is 342 g/mol. The molecule has 0 aliphatic carbocycles. The fraction of sp³-hybridized carbons (Fsp3) is 0.533. The Balaban J connectivity index is 2.90. The topological polar surface area (TPSA) is 43.8 Å². The minimum atomic E-state index is -0.120. The number of carbonyl (C=O) groups is 1. The Kier molecular flexibility index (Phi) is 6.49. The van der Waals surface area contributed by atoms with Crippen LogP contribution in [0.2, 0.25) is 0 Å². The van der Waals surface area contributed by atoms with Crippen molar-refractivity contribution in [2.45, 2.75) is 13.8 Å². The fourth-order valence-electron chi connectivity index (χ4n) is 1.89. The zero-order valence-corrected chi connectivity index (χ0v) is 14.1. The fourth-order valence-corrected chi connectivity index (χ4v) is 2.24. The summed E-state index contributed by atoms with van der Waals surface area (Å²) >= 11 is 3.28. The van der Waals surface area contributed by atoms with E-state index in [-0.39, 0.29) is 11.7 Å². The van der Waals surface area contributed by atoms with Gasteiger partial charge < -0.3 is 14.9 Å². The summed E-state index contributed by atoms with van der Waals surface area (Å²) in [6.07, 6.45) is 0. The third-order valence-electron chi connectivity index (χ3n) is 2.88. The average Bonchev–Trinajstić information content (AvgIpc) is 2.33. The van der Waals surface area contributed by atoms with Gasteiger partial charge in [0.15, 0.2) is 0 Å². The molecule has 0 aromatic heterocycles. The largest absolute Gasteiger partial charge is 0.507 e. The summed E-state index contributed by atoms with van der Waals surface area (Å²) in [5, 5.41) is 9.93. The van der Waals surface area contributed by atoms with Crippen LogP contribution in [0.15, 0.2) is 22.7 Å². The lowest BCUT2D eigenvalue weighted by Gasteiger charge is -2.26. The van der Waals surface area contributed by atoms with Crippen LogP contribution in [0.4, 0.5) is 0 Å². The highest BCUT2D eigenvalue weighted by Gasteiger charge is 2.19. The van der Waals surface area contributed by atoms with Gasteiger partial charge in [-0.05, 0) is 38.2 Å². The molecule has 1 amide bonds. The lowest BCUT2D eigenvalue weighted by Crippen LogP contribution is -2.39. The van der Waals surface area contributed by atoms with Gasteiger partial charge in [0.2, 0.25) is 0 Å². The summed E-state index contributed by atoms with van der Waals surface area (Å²) in [7, 11) is 3.96. The van der Waals surface area contributed by atoms with E-state index in [1.165, 1.54) is 0 Å². The number of hydrogen-bond acceptors (Lipinski definition) is 3. The molecule has 0 heterocycles. The SMILES string of the molecule is CC(C)CN(CCN(C)C)C(=O)c1ccc(Br)cc1O. The van der Waals surface area contributed by atoms with Gasteiger partial charge in [0.25, 0.3) is 5.91 Å². The maximum atomic E-state index is 12.6. The van der Waals surface area contributed by atoms with Gasteiger partial charge in [0, 0.05) is 24.1 Å². The number of phenols is 1. The van der Waals surface area contributed by atoms with Gasteiger partial charge in [0.05, 0.1) is 5.56 Å². The van der Waals surface area contributed by atoms with Crippen LogP contribution in [0, 0.1) is 5.92 Å². The van der Waals surface area contributed by atoms with Crippen molar-refractivity contribution in [3.8, 4) is 5.75 Å². The summed E-state index contributed by atoms with van der Waals surface area (Å²) in [6.45, 7) is 6.30. The van der Waals surface area contributed by atoms with E-state index in [1.807, 2.05) is 19.0 Å². The average molecular weight is 343 g/mol. The van der Waals surface area contributed by atoms with Gasteiger partial charge in [0.1, 0.15) is 5.75 Å². The molecule has 0 unspecified atom stereocenters. The molecule has 1 aromatic rings. The van der Waals surface area contributed by atoms with Crippen LogP contribution < -0.4 is 0 Å². The molecule has 0 aliphatic heterocycles. The third-order valence-corrected chi connectivity index (χ3v) is 3.37. The van der Waals surface area contributed by atoms with Crippen LogP contribution in [0.25, 0.3) is 0 Å². The Morgan fingerprint density at radius 1 is 1.30 bits per heavy atom. The van der Waals surface area contributed by atoms with Crippen LogP contribution in [-0.2, 0) is 0 Å². The molecular formula is C15H23BrN2O2. The molecule has 1 N–H and O–H groups in total. The Bertz CT molecular complexity index is 461. The highest BCUT2D eigenvalue weighted by atomic mass is 79.9. The molecule has 1 aromatic carbocycles. The minimum absolute atomic E-state index is 0.0167. The molecule has 0 fully saturated rings. The van der Waals surface area contributed by atoms with Crippen LogP contribution in [0.5, 0.6) is 5.75 Å². The number of phenolic OH excluding ortho intramolecular Hbond substituents is 1. The van der Waals surface area contributed by atoms with Crippen LogP contribution in [0.3, 0.4) is 0 Å². The smallest absolute Gasteiger partial charge is 0.257 e. The second-order valence-electron chi connectivity index (χ2n) is 5.61. The van der Waals surface area contributed by atoms with Crippen LogP contribution in [0.1, 0.15) is 24.2 Å². The predicted molar refractivity (Wildman–Crippen MR) is 85.1 cm³/mol. The van der Waals surface area contributed by atoms with Crippen molar-refractivity contribution in [2.24, 2.45) is 5.92 Å². The summed E-state index contributed by atoms with van der Waals surface area (Å²) in [4.78, 5) is 16.4. The first-order valence-corrected chi connectivity index (χ1v) is 7.53. The van der Waals surface area contributed by atoms with E-state index in [4.69, 9.17) is 0 Å². The number of aromatic hydroxyl groups is 1. The van der Waals surface area contributed by atoms with E-state index in [0.717, 1.165) is 11.0 Å². The molecule has 0 saturated heterocycles. The molecule has 1 rings (SSSR count). The van der Waals surface area contributed by atoms with Crippen molar-refractivity contribution in [1.29, 1.82) is 0 Å². The van der Waals surface area contributed by atoms with Crippen molar-refractivity contribution >= 4 is 21.8 Å². The molecule has 0 atom stereocenters. The van der Waals surface area contributed by atoms with Gasteiger partial charge in [-0.15, -0.1) is 0 Å². The second kappa shape index (κ2) is 7.64. The Hall–Kier alpha value is -1.07. The third kappa shape index (κ3) is 5.13. The molecule has 0 bridgehead atoms. The van der Waals surface area contributed by atoms with E-state index < -0.39 is 0 Å². The van der Waals surface area contributed by atoms with Gasteiger partial charge in [-0.2, -0.15) is 0 Å². The molecule has 0 saturated carbocycles. The second-order valence-corrected chi connectivity index (χ2v) is 6.53. The molecule has 0 aliphatic rings. The maximum Gasteiger partial charge on any atom is 0.257 e. The van der Waals surface area contributed by atoms with Crippen molar-refractivity contribution < 1.29 is 9.90 Å². The van der Waals surface area contributed by atoms with Crippen LogP contribution in [-0.4, -0.2) is 54.5 Å². The number of benzene rings is 1. The first kappa shape index (κ1) is 17.0. The molecule has 5 heteroatoms. The minimum Gasteiger partial charge on any atom is -0.507 e. The number of carbonyl (C=O) groups excluding carboxylic acids is 1. The zero-order chi connectivity index (χ0) is 15.3. The van der Waals surface area contributed by atoms with E-state index in [2.05, 4.69) is 29.8 Å². The number of amides is 1. The number of nitrogens with zero attached hydrogens (tertiary/aromatic N) is 2. The predicted octanol–water partition coefficient (Wildman–Crippen LogP) is 2.81. The van der Waals surface area contributed by atoms with E-state index >= 15 is 0 Å². The Morgan fingerprint density at radius 2 is 1.95 bits per heavy atom. The summed E-state index contributed by atoms with van der Waals surface area (Å²) < 4.78 is 0.759. The summed E-state index contributed by atoms with van der Waals surface area (Å²) in [6, 6.07) is 4.98. The lowest BCUT2D eigenvalue weighted by atomic mass is 10.1. The first-order valence-electron chi connectivity index (χ1n) is 6.73. The molecule has 4 nitrogen and oxygen atoms in total. The van der Waals surface area contributed by atoms with E-state index in [9.17, 15) is 9.90 Å². The van der Waals surface area contributed by atoms with Crippen molar-refractivity contribution in [1.82, 2.24) is 9.80 Å². The van der Waals surface area contributed by atoms with E-state index in [0.29, 0.717) is 24.6 Å². The normalized spacial score (nSPS) is 11.2. The highest BCUT2D eigenvalue weighted by Crippen LogP contribution is 2.23. The van der Waals surface area contributed by atoms with Crippen molar-refractivity contribution in [3.05, 3.63) is 28.2 Å². The first-order chi connectivity index (χ1) is 9.31. The van der Waals surface area contributed by atoms with Gasteiger partial charge in [-0.1, -0.05) is 29.8 Å². The van der Waals surface area contributed by atoms with Crippen molar-refractivity contribution in [2.75, 3.05) is 33.7 Å². The van der Waals surface area contributed by atoms with Gasteiger partial charge >= 0.3 is 0 Å². The maximum absolute atomic E-state index is 12.6. The Morgan fingerprint density at radius 3 is 2.45 bits per heavy atom. The number of halogens is 1. The zero-order valence-electron chi connectivity index (χ0n) is 12.6. The highest BCUT2D eigenvalue weighted by molar-refractivity contribution is 9.10. The Labute approximate surface area is 129 Å². The van der Waals surface area contributed by atoms with Gasteiger partial charge in [-0.25, -0.2) is 0 Å². The van der Waals surface area contributed by atoms with E-state index in [1.54, 1.807) is 23.1 Å². The molecule has 0 radical (unpaired) electrons. The molecule has 20 heavy (non-hydrogen) atoms. The summed E-state index contributed by atoms with van der Waals surface area (Å²) in [5.74, 6) is 0.284. The van der Waals surface area contributed by atoms with Crippen LogP contribution >= 0.6 is 15.9 Å². The standard InChI is InChI=1S/C15H23BrN2O2/c1-11(2)10-18(8-7-17(3)4)15(20)13-6-5-12(16)9-14(13)19/h5-6,9,11,19H,7-8,10H2,1-4H3.